The molecular weight excluding hydrogens is 418 g/mol. The predicted octanol–water partition coefficient (Wildman–Crippen LogP) is 5.51. The van der Waals surface area contributed by atoms with E-state index in [0.29, 0.717) is 12.4 Å². The minimum absolute atomic E-state index is 0.0910. The summed E-state index contributed by atoms with van der Waals surface area (Å²) < 4.78 is 0. The maximum Gasteiger partial charge on any atom is 0.322 e. The van der Waals surface area contributed by atoms with Gasteiger partial charge < -0.3 is 15.5 Å². The molecule has 1 aromatic carbocycles. The fraction of sp³-hybridized carbons (Fsp3) is 0.542. The molecule has 1 fully saturated rings. The Labute approximate surface area is 191 Å². The number of nitrogens with zero attached hydrogens (tertiary/aromatic N) is 2. The smallest absolute Gasteiger partial charge is 0.311 e. The van der Waals surface area contributed by atoms with Crippen molar-refractivity contribution >= 4 is 31.5 Å². The fourth-order valence-corrected chi connectivity index (χ4v) is 7.67. The van der Waals surface area contributed by atoms with Gasteiger partial charge in [-0.05, 0) is 44.9 Å². The SMILES string of the molecule is Cc1ccc(C)c(NC(=O)N2Cc3c(NC(=O)C4([Si-](C)(C)C)CCC4)n[nH]c3C2(C)C)c1. The zero-order valence-electron chi connectivity index (χ0n) is 20.3. The van der Waals surface area contributed by atoms with Gasteiger partial charge in [-0.2, -0.15) is 24.7 Å². The lowest BCUT2D eigenvalue weighted by molar-refractivity contribution is -0.121. The van der Waals surface area contributed by atoms with Gasteiger partial charge in [0.25, 0.3) is 0 Å². The van der Waals surface area contributed by atoms with Crippen molar-refractivity contribution in [1.82, 2.24) is 15.1 Å². The molecule has 0 bridgehead atoms. The third-order valence-electron chi connectivity index (χ3n) is 7.66. The van der Waals surface area contributed by atoms with Crippen LogP contribution in [0.2, 0.25) is 24.7 Å². The molecule has 4 rings (SSSR count). The molecule has 0 spiro atoms. The van der Waals surface area contributed by atoms with Crippen molar-refractivity contribution in [2.75, 3.05) is 10.6 Å². The van der Waals surface area contributed by atoms with Gasteiger partial charge in [-0.1, -0.05) is 36.4 Å². The van der Waals surface area contributed by atoms with Crippen LogP contribution in [-0.4, -0.2) is 35.1 Å². The number of aromatic amines is 1. The number of fused-ring (bicyclic) bond motifs is 1. The Hall–Kier alpha value is -2.61. The molecular formula is C24H35N5O2Si-. The number of hydrogen-bond donors (Lipinski definition) is 3. The van der Waals surface area contributed by atoms with E-state index in [1.165, 1.54) is 0 Å². The Balaban J connectivity index is 1.55. The number of carbonyl (C=O) groups is 2. The molecule has 0 saturated heterocycles. The first-order chi connectivity index (χ1) is 14.9. The van der Waals surface area contributed by atoms with Gasteiger partial charge in [0.1, 0.15) is 0 Å². The first-order valence-corrected chi connectivity index (χ1v) is 14.9. The lowest BCUT2D eigenvalue weighted by Crippen LogP contribution is -2.52. The molecule has 1 saturated carbocycles. The summed E-state index contributed by atoms with van der Waals surface area (Å²) in [6, 6.07) is 5.86. The molecule has 7 nitrogen and oxygen atoms in total. The molecule has 3 N–H and O–H groups in total. The maximum absolute atomic E-state index is 13.3. The molecule has 173 valence electrons. The van der Waals surface area contributed by atoms with Crippen LogP contribution < -0.4 is 10.6 Å². The summed E-state index contributed by atoms with van der Waals surface area (Å²) in [5, 5.41) is 13.5. The van der Waals surface area contributed by atoms with Gasteiger partial charge >= 0.3 is 6.03 Å². The zero-order chi connectivity index (χ0) is 23.5. The average Bonchev–Trinajstić information content (AvgIpc) is 3.14. The number of H-pyrrole nitrogens is 1. The standard InChI is InChI=1S/C24H35N5O2Si/c1-15-9-10-16(2)18(13-15)25-22(31)29-14-17-19(23(29,3)4)27-28-20(17)26-21(30)24(11-8-12-24)32(5,6)7/h9-10,13H,8,11-12,14H2,1-7H3,(H,25,31)(H2,26,27,28,30)/q-1. The van der Waals surface area contributed by atoms with E-state index < -0.39 is 13.6 Å². The number of anilines is 2. The second kappa shape index (κ2) is 7.47. The van der Waals surface area contributed by atoms with Crippen molar-refractivity contribution in [2.24, 2.45) is 0 Å². The second-order valence-electron chi connectivity index (χ2n) is 11.0. The summed E-state index contributed by atoms with van der Waals surface area (Å²) in [6.45, 7) is 15.2. The number of carbonyl (C=O) groups excluding carboxylic acids is 2. The third-order valence-corrected chi connectivity index (χ3v) is 11.3. The van der Waals surface area contributed by atoms with E-state index in [1.807, 2.05) is 45.9 Å². The molecule has 32 heavy (non-hydrogen) atoms. The number of hydrogen-bond acceptors (Lipinski definition) is 3. The fourth-order valence-electron chi connectivity index (χ4n) is 5.07. The molecule has 0 unspecified atom stereocenters. The lowest BCUT2D eigenvalue weighted by Gasteiger charge is -2.57. The van der Waals surface area contributed by atoms with Crippen LogP contribution in [0, 0.1) is 13.8 Å². The Morgan fingerprint density at radius 1 is 1.12 bits per heavy atom. The summed E-state index contributed by atoms with van der Waals surface area (Å²) in [5.74, 6) is 0.651. The molecule has 1 aliphatic heterocycles. The molecule has 3 amide bonds. The lowest BCUT2D eigenvalue weighted by atomic mass is 9.83. The number of benzene rings is 1. The maximum atomic E-state index is 13.3. The first kappa shape index (κ1) is 22.6. The molecule has 0 radical (unpaired) electrons. The quantitative estimate of drug-likeness (QED) is 0.533. The van der Waals surface area contributed by atoms with Gasteiger partial charge in [0, 0.05) is 11.3 Å². The van der Waals surface area contributed by atoms with Crippen LogP contribution >= 0.6 is 0 Å². The Bertz CT molecular complexity index is 1080. The number of nitrogens with one attached hydrogen (secondary N) is 3. The number of rotatable bonds is 4. The highest BCUT2D eigenvalue weighted by Gasteiger charge is 2.47. The Morgan fingerprint density at radius 2 is 1.81 bits per heavy atom. The number of aryl methyl sites for hydroxylation is 2. The van der Waals surface area contributed by atoms with Crippen LogP contribution in [0.5, 0.6) is 0 Å². The topological polar surface area (TPSA) is 90.1 Å². The minimum Gasteiger partial charge on any atom is -0.311 e. The minimum atomic E-state index is -1.68. The Kier molecular flexibility index (Phi) is 5.27. The number of aromatic nitrogens is 2. The molecule has 1 aliphatic carbocycles. The summed E-state index contributed by atoms with van der Waals surface area (Å²) in [7, 11) is -1.68. The second-order valence-corrected chi connectivity index (χ2v) is 16.4. The van der Waals surface area contributed by atoms with Crippen molar-refractivity contribution in [1.29, 1.82) is 0 Å². The van der Waals surface area contributed by atoms with Gasteiger partial charge in [0.05, 0.1) is 17.8 Å². The monoisotopic (exact) mass is 453 g/mol. The van der Waals surface area contributed by atoms with Crippen LogP contribution in [0.25, 0.3) is 0 Å². The molecule has 8 heteroatoms. The van der Waals surface area contributed by atoms with Crippen LogP contribution in [0.3, 0.4) is 0 Å². The highest BCUT2D eigenvalue weighted by atomic mass is 28.3. The van der Waals surface area contributed by atoms with E-state index in [0.717, 1.165) is 47.3 Å². The zero-order valence-corrected chi connectivity index (χ0v) is 21.3. The highest BCUT2D eigenvalue weighted by Crippen LogP contribution is 2.56. The highest BCUT2D eigenvalue weighted by molar-refractivity contribution is 6.83. The normalized spacial score (nSPS) is 18.7. The van der Waals surface area contributed by atoms with Gasteiger partial charge in [-0.15, -0.1) is 8.07 Å². The van der Waals surface area contributed by atoms with Gasteiger partial charge in [-0.25, -0.2) is 4.79 Å². The number of urea groups is 1. The van der Waals surface area contributed by atoms with Crippen molar-refractivity contribution < 1.29 is 9.59 Å². The van der Waals surface area contributed by atoms with E-state index in [9.17, 15) is 9.59 Å². The van der Waals surface area contributed by atoms with Crippen molar-refractivity contribution in [3.63, 3.8) is 0 Å². The number of amides is 3. The summed E-state index contributed by atoms with van der Waals surface area (Å²) in [5.41, 5.74) is 4.13. The molecule has 0 atom stereocenters. The predicted molar refractivity (Wildman–Crippen MR) is 131 cm³/mol. The van der Waals surface area contributed by atoms with Gasteiger partial charge in [-0.3, -0.25) is 9.89 Å². The molecule has 2 aliphatic rings. The van der Waals surface area contributed by atoms with E-state index in [-0.39, 0.29) is 17.0 Å². The Morgan fingerprint density at radius 3 is 2.41 bits per heavy atom. The van der Waals surface area contributed by atoms with Crippen LogP contribution in [0.4, 0.5) is 16.3 Å². The largest absolute Gasteiger partial charge is 0.322 e. The molecule has 1 aromatic heterocycles. The van der Waals surface area contributed by atoms with Crippen molar-refractivity contribution in [2.45, 2.75) is 83.7 Å². The van der Waals surface area contributed by atoms with Crippen LogP contribution in [0.15, 0.2) is 18.2 Å². The van der Waals surface area contributed by atoms with Gasteiger partial charge in [0.15, 0.2) is 5.82 Å². The van der Waals surface area contributed by atoms with Crippen LogP contribution in [-0.2, 0) is 16.9 Å². The van der Waals surface area contributed by atoms with Crippen molar-refractivity contribution in [3.8, 4) is 0 Å². The van der Waals surface area contributed by atoms with Gasteiger partial charge in [0.2, 0.25) is 5.91 Å². The van der Waals surface area contributed by atoms with E-state index in [2.05, 4.69) is 40.5 Å². The summed E-state index contributed by atoms with van der Waals surface area (Å²) >= 11 is 0. The van der Waals surface area contributed by atoms with E-state index in [4.69, 9.17) is 0 Å². The van der Waals surface area contributed by atoms with E-state index in [1.54, 1.807) is 4.90 Å². The third kappa shape index (κ3) is 3.45. The van der Waals surface area contributed by atoms with Crippen molar-refractivity contribution in [3.05, 3.63) is 40.6 Å². The summed E-state index contributed by atoms with van der Waals surface area (Å²) in [6.07, 6.45) is 3.02. The van der Waals surface area contributed by atoms with Crippen LogP contribution in [0.1, 0.15) is 55.5 Å². The van der Waals surface area contributed by atoms with E-state index >= 15 is 0 Å². The molecule has 2 aromatic rings. The summed E-state index contributed by atoms with van der Waals surface area (Å²) in [4.78, 5) is 28.4. The average molecular weight is 454 g/mol. The first-order valence-electron chi connectivity index (χ1n) is 11.4. The molecule has 2 heterocycles.